The molecule has 2 aliphatic carbocycles. The monoisotopic (exact) mass is 361 g/mol. The molecule has 1 spiro atoms. The summed E-state index contributed by atoms with van der Waals surface area (Å²) in [7, 11) is 0. The molecule has 1 unspecified atom stereocenters. The lowest BCUT2D eigenvalue weighted by molar-refractivity contribution is -0.112. The van der Waals surface area contributed by atoms with Gasteiger partial charge in [0, 0.05) is 25.1 Å². The zero-order valence-electron chi connectivity index (χ0n) is 16.5. The van der Waals surface area contributed by atoms with Crippen LogP contribution in [0.2, 0.25) is 0 Å². The topological polar surface area (TPSA) is 21.3 Å². The summed E-state index contributed by atoms with van der Waals surface area (Å²) in [6, 6.07) is 8.80. The number of nitrogens with one attached hydrogen (secondary N) is 1. The minimum atomic E-state index is 0.0986. The minimum Gasteiger partial charge on any atom is -0.375 e. The molecule has 1 saturated carbocycles. The van der Waals surface area contributed by atoms with Gasteiger partial charge in [0.1, 0.15) is 0 Å². The van der Waals surface area contributed by atoms with Crippen LogP contribution in [0.3, 0.4) is 0 Å². The molecule has 1 aromatic carbocycles. The van der Waals surface area contributed by atoms with Crippen LogP contribution in [-0.2, 0) is 11.3 Å². The van der Waals surface area contributed by atoms with Gasteiger partial charge in [0.15, 0.2) is 0 Å². The Bertz CT molecular complexity index is 790. The van der Waals surface area contributed by atoms with Crippen molar-refractivity contribution in [3.63, 3.8) is 0 Å². The first-order valence-electron chi connectivity index (χ1n) is 10.4. The van der Waals surface area contributed by atoms with E-state index in [9.17, 15) is 0 Å². The summed E-state index contributed by atoms with van der Waals surface area (Å²) >= 11 is 0. The van der Waals surface area contributed by atoms with E-state index >= 15 is 0 Å². The van der Waals surface area contributed by atoms with Gasteiger partial charge in [-0.15, -0.1) is 5.73 Å². The fourth-order valence-corrected chi connectivity index (χ4v) is 5.14. The summed E-state index contributed by atoms with van der Waals surface area (Å²) < 4.78 is 6.37. The third-order valence-electron chi connectivity index (χ3n) is 6.48. The number of ether oxygens (including phenoxy) is 1. The molecule has 2 nitrogen and oxygen atoms in total. The number of rotatable bonds is 5. The maximum Gasteiger partial charge on any atom is 0.0691 e. The molecule has 0 aromatic heterocycles. The van der Waals surface area contributed by atoms with Gasteiger partial charge in [-0.2, -0.15) is 0 Å². The Kier molecular flexibility index (Phi) is 5.50. The Morgan fingerprint density at radius 2 is 2.04 bits per heavy atom. The van der Waals surface area contributed by atoms with Crippen LogP contribution in [0.1, 0.15) is 49.7 Å². The van der Waals surface area contributed by atoms with Crippen molar-refractivity contribution < 1.29 is 4.74 Å². The van der Waals surface area contributed by atoms with Crippen LogP contribution in [0.5, 0.6) is 0 Å². The highest BCUT2D eigenvalue weighted by molar-refractivity contribution is 5.36. The van der Waals surface area contributed by atoms with Gasteiger partial charge in [0.25, 0.3) is 0 Å². The molecule has 3 aliphatic rings. The minimum absolute atomic E-state index is 0.0986. The van der Waals surface area contributed by atoms with Gasteiger partial charge in [-0.1, -0.05) is 60.9 Å². The van der Waals surface area contributed by atoms with Crippen LogP contribution in [0.25, 0.3) is 0 Å². The van der Waals surface area contributed by atoms with E-state index in [0.29, 0.717) is 0 Å². The molecule has 1 atom stereocenters. The molecular weight excluding hydrogens is 330 g/mol. The molecule has 4 rings (SSSR count). The lowest BCUT2D eigenvalue weighted by Crippen LogP contribution is -2.48. The van der Waals surface area contributed by atoms with Gasteiger partial charge < -0.3 is 10.1 Å². The summed E-state index contributed by atoms with van der Waals surface area (Å²) in [6.07, 6.45) is 18.0. The zero-order chi connectivity index (χ0) is 18.6. The van der Waals surface area contributed by atoms with Crippen LogP contribution in [0, 0.1) is 12.3 Å². The largest absolute Gasteiger partial charge is 0.375 e. The predicted molar refractivity (Wildman–Crippen MR) is 112 cm³/mol. The van der Waals surface area contributed by atoms with Gasteiger partial charge in [0.2, 0.25) is 0 Å². The van der Waals surface area contributed by atoms with Crippen molar-refractivity contribution in [3.05, 3.63) is 77.1 Å². The van der Waals surface area contributed by atoms with Gasteiger partial charge in [-0.05, 0) is 55.9 Å². The Balaban J connectivity index is 1.54. The molecule has 1 aliphatic heterocycles. The maximum atomic E-state index is 6.37. The van der Waals surface area contributed by atoms with E-state index in [1.165, 1.54) is 42.4 Å². The highest BCUT2D eigenvalue weighted by Gasteiger charge is 2.48. The van der Waals surface area contributed by atoms with Crippen LogP contribution in [-0.4, -0.2) is 18.8 Å². The van der Waals surface area contributed by atoms with E-state index in [-0.39, 0.29) is 11.0 Å². The van der Waals surface area contributed by atoms with Crippen molar-refractivity contribution in [3.8, 4) is 0 Å². The molecular formula is C25H31NO. The second-order valence-corrected chi connectivity index (χ2v) is 8.52. The van der Waals surface area contributed by atoms with Crippen LogP contribution >= 0.6 is 0 Å². The summed E-state index contributed by atoms with van der Waals surface area (Å²) in [5.74, 6) is 0. The molecule has 1 aromatic rings. The molecule has 1 heterocycles. The van der Waals surface area contributed by atoms with Crippen LogP contribution in [0.15, 0.2) is 65.9 Å². The first-order chi connectivity index (χ1) is 13.2. The standard InChI is InChI=1S/C25H31NO/c1-21-9-8-10-22(17-21)18-26-20-24(23-11-4-2-3-5-12-23)15-16-27-25(19-24)13-6-7-14-25/h2,4-5,8-12,17,26H,6-7,13-16,18-20H2,1H3. The lowest BCUT2D eigenvalue weighted by atomic mass is 9.67. The average Bonchev–Trinajstić information content (AvgIpc) is 2.93. The molecule has 0 bridgehead atoms. The summed E-state index contributed by atoms with van der Waals surface area (Å²) in [5, 5.41) is 3.79. The van der Waals surface area contributed by atoms with Crippen molar-refractivity contribution in [2.75, 3.05) is 13.2 Å². The summed E-state index contributed by atoms with van der Waals surface area (Å²) in [6.45, 7) is 4.95. The smallest absolute Gasteiger partial charge is 0.0691 e. The SMILES string of the molecule is Cc1cccc(CNCC2(C3=CC=C=CC=C3)CCOC3(CCCC3)C2)c1. The molecule has 142 valence electrons. The van der Waals surface area contributed by atoms with E-state index in [1.54, 1.807) is 0 Å². The maximum absolute atomic E-state index is 6.37. The third-order valence-corrected chi connectivity index (χ3v) is 6.48. The number of hydrogen-bond donors (Lipinski definition) is 1. The molecule has 1 saturated heterocycles. The van der Waals surface area contributed by atoms with E-state index in [2.05, 4.69) is 66.5 Å². The van der Waals surface area contributed by atoms with Crippen LogP contribution < -0.4 is 5.32 Å². The number of allylic oxidation sites excluding steroid dienone is 4. The van der Waals surface area contributed by atoms with E-state index < -0.39 is 0 Å². The average molecular weight is 362 g/mol. The first-order valence-corrected chi connectivity index (χ1v) is 10.4. The Labute approximate surface area is 163 Å². The Morgan fingerprint density at radius 1 is 1.15 bits per heavy atom. The molecule has 0 radical (unpaired) electrons. The van der Waals surface area contributed by atoms with Crippen LogP contribution in [0.4, 0.5) is 0 Å². The summed E-state index contributed by atoms with van der Waals surface area (Å²) in [4.78, 5) is 0. The quantitative estimate of drug-likeness (QED) is 0.709. The molecule has 0 amide bonds. The van der Waals surface area contributed by atoms with Gasteiger partial charge in [0.05, 0.1) is 5.60 Å². The molecule has 1 N–H and O–H groups in total. The Hall–Kier alpha value is -1.86. The zero-order valence-corrected chi connectivity index (χ0v) is 16.5. The van der Waals surface area contributed by atoms with Crippen molar-refractivity contribution in [2.24, 2.45) is 5.41 Å². The normalized spacial score (nSPS) is 26.3. The number of aryl methyl sites for hydroxylation is 1. The van der Waals surface area contributed by atoms with E-state index in [4.69, 9.17) is 4.74 Å². The summed E-state index contributed by atoms with van der Waals surface area (Å²) in [5.41, 5.74) is 7.57. The number of hydrogen-bond acceptors (Lipinski definition) is 2. The second-order valence-electron chi connectivity index (χ2n) is 8.52. The van der Waals surface area contributed by atoms with Crippen molar-refractivity contribution in [1.82, 2.24) is 5.32 Å². The second kappa shape index (κ2) is 8.02. The molecule has 2 heteroatoms. The van der Waals surface area contributed by atoms with Gasteiger partial charge in [-0.3, -0.25) is 0 Å². The van der Waals surface area contributed by atoms with E-state index in [0.717, 1.165) is 32.5 Å². The van der Waals surface area contributed by atoms with Crippen molar-refractivity contribution in [1.29, 1.82) is 0 Å². The predicted octanol–water partition coefficient (Wildman–Crippen LogP) is 5.40. The molecule has 2 fully saturated rings. The van der Waals surface area contributed by atoms with Crippen molar-refractivity contribution in [2.45, 2.75) is 57.6 Å². The van der Waals surface area contributed by atoms with E-state index in [1.807, 2.05) is 6.08 Å². The fourth-order valence-electron chi connectivity index (χ4n) is 5.14. The Morgan fingerprint density at radius 3 is 2.89 bits per heavy atom. The molecule has 27 heavy (non-hydrogen) atoms. The fraction of sp³-hybridized carbons (Fsp3) is 0.480. The lowest BCUT2D eigenvalue weighted by Gasteiger charge is -2.47. The first kappa shape index (κ1) is 18.5. The van der Waals surface area contributed by atoms with Gasteiger partial charge in [-0.25, -0.2) is 0 Å². The number of benzene rings is 1. The van der Waals surface area contributed by atoms with Gasteiger partial charge >= 0.3 is 0 Å². The van der Waals surface area contributed by atoms with Crippen molar-refractivity contribution >= 4 is 0 Å². The highest BCUT2D eigenvalue weighted by atomic mass is 16.5. The highest BCUT2D eigenvalue weighted by Crippen LogP contribution is 2.50. The third kappa shape index (κ3) is 4.19.